The summed E-state index contributed by atoms with van der Waals surface area (Å²) in [7, 11) is -6.07. The minimum absolute atomic E-state index is 0.0181. The predicted molar refractivity (Wildman–Crippen MR) is 332 cm³/mol. The molecule has 4 aromatic rings. The summed E-state index contributed by atoms with van der Waals surface area (Å²) in [5, 5.41) is 14.5. The Labute approximate surface area is 459 Å². The van der Waals surface area contributed by atoms with Crippen molar-refractivity contribution < 1.29 is 14.0 Å². The third kappa shape index (κ3) is 18.4. The third-order valence-corrected chi connectivity index (χ3v) is 30.6. The molecule has 0 atom stereocenters. The standard InChI is InChI=1S/C31H53N2OPSi.C18H24O2Si.C12H28ClN2P/c1-25(2)32(26(3)4)35(33(27(5)6)28(7)8)24-18-23-34-36(31(9,10)11,29-19-14-12-15-20-29)30-21-16-13-17-22-30;1-18(2,3)21(20-15-14-19,16-10-6-4-7-11-16)17-12-8-5-9-13-17;1-9(2)14(10(3)4)16(13)15(11(5)6)12(7)8/h12-17,19-22,25-28H,18,23-24H2,1-11H3;4-13,19H,14-15H2,1-3H3;9-12H,1-8H3. The van der Waals surface area contributed by atoms with Crippen LogP contribution in [0.2, 0.25) is 10.1 Å². The quantitative estimate of drug-likeness (QED) is 0.0426. The molecular weight excluding hydrogens is 990 g/mol. The molecule has 0 heterocycles. The fraction of sp³-hybridized carbons (Fsp3) is 0.607. The van der Waals surface area contributed by atoms with Crippen LogP contribution in [0.5, 0.6) is 0 Å². The highest BCUT2D eigenvalue weighted by molar-refractivity contribution is 7.80. The largest absolute Gasteiger partial charge is 0.407 e. The second kappa shape index (κ2) is 31.6. The van der Waals surface area contributed by atoms with Gasteiger partial charge in [0.15, 0.2) is 0 Å². The average molecular weight is 1100 g/mol. The van der Waals surface area contributed by atoms with Gasteiger partial charge in [0, 0.05) is 63.2 Å². The zero-order valence-electron chi connectivity index (χ0n) is 50.0. The monoisotopic (exact) mass is 1090 g/mol. The molecule has 7 nitrogen and oxygen atoms in total. The van der Waals surface area contributed by atoms with Crippen molar-refractivity contribution in [1.29, 1.82) is 0 Å². The molecule has 0 aliphatic carbocycles. The molecule has 0 spiro atoms. The Bertz CT molecular complexity index is 1900. The maximum atomic E-state index is 9.29. The molecule has 0 bridgehead atoms. The summed E-state index contributed by atoms with van der Waals surface area (Å²) >= 11 is 6.71. The molecule has 412 valence electrons. The van der Waals surface area contributed by atoms with E-state index in [1.165, 1.54) is 26.9 Å². The second-order valence-corrected chi connectivity index (χ2v) is 36.7. The Hall–Kier alpha value is -1.82. The number of nitrogens with zero attached hydrogens (tertiary/aromatic N) is 4. The fourth-order valence-corrected chi connectivity index (χ4v) is 27.1. The molecular formula is C61H105ClN4O3P2Si2. The van der Waals surface area contributed by atoms with Gasteiger partial charge in [-0.15, -0.1) is 0 Å². The average Bonchev–Trinajstić information content (AvgIpc) is 3.29. The van der Waals surface area contributed by atoms with Gasteiger partial charge in [0.05, 0.1) is 13.2 Å². The van der Waals surface area contributed by atoms with E-state index in [1.807, 2.05) is 12.1 Å². The SMILES string of the molecule is CC(C)(C)[Si](OCCO)(c1ccccc1)c1ccccc1.CC(C)N(C(C)C)P(CCCO[Si](c1ccccc1)(c1ccccc1)C(C)(C)C)N(C(C)C)C(C)C.CC(C)N(C(C)C)P(Cl)N(C(C)C)C(C)C. The van der Waals surface area contributed by atoms with Gasteiger partial charge in [-0.25, -0.2) is 0 Å². The molecule has 0 amide bonds. The Morgan fingerprint density at radius 3 is 0.849 bits per heavy atom. The van der Waals surface area contributed by atoms with Crippen LogP contribution in [0.3, 0.4) is 0 Å². The second-order valence-electron chi connectivity index (χ2n) is 23.7. The Morgan fingerprint density at radius 2 is 0.644 bits per heavy atom. The highest BCUT2D eigenvalue weighted by atomic mass is 35.7. The van der Waals surface area contributed by atoms with E-state index < -0.39 is 32.4 Å². The van der Waals surface area contributed by atoms with Crippen LogP contribution >= 0.6 is 27.0 Å². The molecule has 0 saturated heterocycles. The molecule has 0 aromatic heterocycles. The maximum Gasteiger partial charge on any atom is 0.261 e. The summed E-state index contributed by atoms with van der Waals surface area (Å²) in [6.45, 7) is 51.6. The summed E-state index contributed by atoms with van der Waals surface area (Å²) in [5.74, 6) is 0. The number of aliphatic hydroxyl groups is 1. The van der Waals surface area contributed by atoms with Crippen molar-refractivity contribution >= 4 is 64.4 Å². The number of benzene rings is 4. The lowest BCUT2D eigenvalue weighted by atomic mass is 10.2. The van der Waals surface area contributed by atoms with E-state index in [0.717, 1.165) is 13.0 Å². The lowest BCUT2D eigenvalue weighted by Crippen LogP contribution is -2.66. The van der Waals surface area contributed by atoms with Gasteiger partial charge in [-0.3, -0.25) is 18.7 Å². The van der Waals surface area contributed by atoms with E-state index >= 15 is 0 Å². The van der Waals surface area contributed by atoms with Crippen molar-refractivity contribution in [3.05, 3.63) is 121 Å². The van der Waals surface area contributed by atoms with Crippen LogP contribution in [0.1, 0.15) is 159 Å². The van der Waals surface area contributed by atoms with Crippen LogP contribution in [0, 0.1) is 0 Å². The van der Waals surface area contributed by atoms with Gasteiger partial charge in [0.2, 0.25) is 0 Å². The Morgan fingerprint density at radius 1 is 0.411 bits per heavy atom. The third-order valence-electron chi connectivity index (χ3n) is 13.2. The van der Waals surface area contributed by atoms with Gasteiger partial charge in [0.1, 0.15) is 7.58 Å². The number of rotatable bonds is 24. The molecule has 0 saturated carbocycles. The summed E-state index contributed by atoms with van der Waals surface area (Å²) in [5.41, 5.74) is 0. The van der Waals surface area contributed by atoms with Crippen molar-refractivity contribution in [2.75, 3.05) is 26.0 Å². The number of hydrogen-bond acceptors (Lipinski definition) is 7. The van der Waals surface area contributed by atoms with Crippen molar-refractivity contribution in [2.24, 2.45) is 0 Å². The smallest absolute Gasteiger partial charge is 0.261 e. The van der Waals surface area contributed by atoms with Crippen molar-refractivity contribution in [2.45, 2.75) is 217 Å². The fourth-order valence-electron chi connectivity index (χ4n) is 10.8. The van der Waals surface area contributed by atoms with Gasteiger partial charge >= 0.3 is 0 Å². The summed E-state index contributed by atoms with van der Waals surface area (Å²) in [6, 6.07) is 47.0. The van der Waals surface area contributed by atoms with Crippen LogP contribution in [0.4, 0.5) is 0 Å². The first kappa shape index (κ1) is 67.3. The molecule has 1 N–H and O–H groups in total. The summed E-state index contributed by atoms with van der Waals surface area (Å²) in [4.78, 5) is 0. The van der Waals surface area contributed by atoms with E-state index in [1.54, 1.807) is 0 Å². The molecule has 73 heavy (non-hydrogen) atoms. The number of hydrogen-bond donors (Lipinski definition) is 1. The number of aliphatic hydroxyl groups excluding tert-OH is 1. The summed E-state index contributed by atoms with van der Waals surface area (Å²) in [6.07, 6.45) is 2.24. The maximum absolute atomic E-state index is 9.29. The number of halogens is 1. The van der Waals surface area contributed by atoms with E-state index in [9.17, 15) is 5.11 Å². The Kier molecular flexibility index (Phi) is 29.1. The van der Waals surface area contributed by atoms with Crippen LogP contribution in [0.25, 0.3) is 0 Å². The molecule has 0 aliphatic rings. The van der Waals surface area contributed by atoms with Crippen LogP contribution in [0.15, 0.2) is 121 Å². The molecule has 4 aromatic carbocycles. The molecule has 0 aliphatic heterocycles. The highest BCUT2D eigenvalue weighted by Crippen LogP contribution is 2.54. The molecule has 0 fully saturated rings. The van der Waals surface area contributed by atoms with Crippen molar-refractivity contribution in [1.82, 2.24) is 18.7 Å². The first-order valence-electron chi connectivity index (χ1n) is 27.5. The van der Waals surface area contributed by atoms with Crippen molar-refractivity contribution in [3.63, 3.8) is 0 Å². The minimum atomic E-state index is -2.48. The summed E-state index contributed by atoms with van der Waals surface area (Å²) < 4.78 is 24.0. The molecule has 0 unspecified atom stereocenters. The predicted octanol–water partition coefficient (Wildman–Crippen LogP) is 14.7. The van der Waals surface area contributed by atoms with Crippen LogP contribution in [-0.2, 0) is 8.85 Å². The zero-order chi connectivity index (χ0) is 55.5. The van der Waals surface area contributed by atoms with Gasteiger partial charge in [-0.05, 0) is 154 Å². The van der Waals surface area contributed by atoms with Crippen molar-refractivity contribution in [3.8, 4) is 0 Å². The normalized spacial score (nSPS) is 13.1. The Balaban J connectivity index is 0.000000416. The molecule has 12 heteroatoms. The van der Waals surface area contributed by atoms with Gasteiger partial charge < -0.3 is 14.0 Å². The van der Waals surface area contributed by atoms with Gasteiger partial charge in [-0.1, -0.05) is 174 Å². The lowest BCUT2D eigenvalue weighted by molar-refractivity contribution is 0.193. The van der Waals surface area contributed by atoms with E-state index in [0.29, 0.717) is 54.9 Å². The molecule has 0 radical (unpaired) electrons. The van der Waals surface area contributed by atoms with E-state index in [2.05, 4.69) is 280 Å². The van der Waals surface area contributed by atoms with E-state index in [-0.39, 0.29) is 16.7 Å². The van der Waals surface area contributed by atoms with Gasteiger partial charge in [0.25, 0.3) is 16.6 Å². The van der Waals surface area contributed by atoms with E-state index in [4.69, 9.17) is 20.1 Å². The lowest BCUT2D eigenvalue weighted by Gasteiger charge is -2.47. The highest BCUT2D eigenvalue weighted by Gasteiger charge is 2.51. The minimum Gasteiger partial charge on any atom is -0.407 e. The zero-order valence-corrected chi connectivity index (χ0v) is 54.6. The van der Waals surface area contributed by atoms with Gasteiger partial charge in [-0.2, -0.15) is 0 Å². The molecule has 4 rings (SSSR count). The first-order chi connectivity index (χ1) is 34.1. The van der Waals surface area contributed by atoms with Crippen LogP contribution in [-0.4, -0.2) is 115 Å². The topological polar surface area (TPSA) is 51.7 Å². The first-order valence-corrected chi connectivity index (χ1v) is 34.9. The van der Waals surface area contributed by atoms with Crippen LogP contribution < -0.4 is 20.7 Å².